The van der Waals surface area contributed by atoms with E-state index in [1.807, 2.05) is 6.92 Å². The van der Waals surface area contributed by atoms with Gasteiger partial charge in [0.2, 0.25) is 29.5 Å². The number of carbonyl (C=O) groups excluding carboxylic acids is 7. The number of hydrogen-bond donors (Lipinski definition) is 9. The molecule has 2 aliphatic heterocycles. The molecule has 27 nitrogen and oxygen atoms in total. The third-order valence-corrected chi connectivity index (χ3v) is 14.2. The van der Waals surface area contributed by atoms with Crippen LogP contribution in [0, 0.1) is 0 Å². The van der Waals surface area contributed by atoms with Crippen molar-refractivity contribution in [2.45, 2.75) is 128 Å². The molecule has 28 heteroatoms. The summed E-state index contributed by atoms with van der Waals surface area (Å²) < 4.78 is 51.8. The quantitative estimate of drug-likeness (QED) is 0.0174. The number of benzene rings is 2. The maximum absolute atomic E-state index is 14.8. The lowest BCUT2D eigenvalue weighted by molar-refractivity contribution is -0.132. The van der Waals surface area contributed by atoms with Gasteiger partial charge in [0.05, 0.1) is 49.3 Å². The number of anilines is 2. The van der Waals surface area contributed by atoms with Crippen LogP contribution in [0.3, 0.4) is 0 Å². The molecular weight excluding hydrogens is 1070 g/mol. The average Bonchev–Trinajstić information content (AvgIpc) is 3.98. The van der Waals surface area contributed by atoms with Gasteiger partial charge in [0.15, 0.2) is 22.7 Å². The van der Waals surface area contributed by atoms with Crippen molar-refractivity contribution < 1.29 is 65.7 Å². The molecule has 9 N–H and O–H groups in total. The first-order valence-corrected chi connectivity index (χ1v) is 27.8. The lowest BCUT2D eigenvalue weighted by atomic mass is 9.93. The molecule has 2 aliphatic rings. The van der Waals surface area contributed by atoms with Crippen LogP contribution in [0.5, 0.6) is 11.5 Å². The number of imidazole rings is 1. The maximum Gasteiger partial charge on any atom is 0.415 e. The predicted octanol–water partition coefficient (Wildman–Crippen LogP) is 2.52. The summed E-state index contributed by atoms with van der Waals surface area (Å²) in [5.74, 6) is -3.34. The molecular formula is C53H75N13O14S. The van der Waals surface area contributed by atoms with E-state index in [0.717, 1.165) is 6.07 Å². The summed E-state index contributed by atoms with van der Waals surface area (Å²) in [5, 5.41) is 14.0. The Morgan fingerprint density at radius 3 is 2.26 bits per heavy atom. The van der Waals surface area contributed by atoms with Gasteiger partial charge in [-0.25, -0.2) is 20.7 Å². The third-order valence-electron chi connectivity index (χ3n) is 13.0. The van der Waals surface area contributed by atoms with Crippen LogP contribution in [-0.4, -0.2) is 151 Å². The number of amidine groups is 1. The highest BCUT2D eigenvalue weighted by Gasteiger charge is 2.51. The number of aryl methyl sites for hydroxylation is 1. The number of hydrogen-bond acceptors (Lipinski definition) is 18. The second-order valence-corrected chi connectivity index (χ2v) is 20.8. The summed E-state index contributed by atoms with van der Waals surface area (Å²) in [7, 11) is 0.933. The van der Waals surface area contributed by atoms with Gasteiger partial charge in [-0.3, -0.25) is 43.2 Å². The first-order chi connectivity index (χ1) is 38.5. The van der Waals surface area contributed by atoms with Crippen molar-refractivity contribution in [3.05, 3.63) is 89.5 Å². The van der Waals surface area contributed by atoms with Gasteiger partial charge in [-0.15, -0.1) is 0 Å². The highest BCUT2D eigenvalue weighted by atomic mass is 32.2. The van der Waals surface area contributed by atoms with Crippen LogP contribution in [0.2, 0.25) is 0 Å². The number of hydroxylamine groups is 1. The zero-order valence-corrected chi connectivity index (χ0v) is 48.0. The Balaban J connectivity index is 1.33. The molecule has 1 aromatic heterocycles. The van der Waals surface area contributed by atoms with Crippen LogP contribution in [0.15, 0.2) is 72.0 Å². The van der Waals surface area contributed by atoms with E-state index >= 15 is 0 Å². The Morgan fingerprint density at radius 1 is 0.914 bits per heavy atom. The number of nitrogens with one attached hydrogen (secondary N) is 8. The number of fused-ring (bicyclic) bond motifs is 3. The van der Waals surface area contributed by atoms with Gasteiger partial charge in [-0.05, 0) is 103 Å². The number of rotatable bonds is 27. The van der Waals surface area contributed by atoms with Crippen LogP contribution in [-0.2, 0) is 58.9 Å². The van der Waals surface area contributed by atoms with E-state index in [1.54, 1.807) is 76.8 Å². The number of aliphatic imine (C=N–C) groups is 1. The Kier molecular flexibility index (Phi) is 23.6. The van der Waals surface area contributed by atoms with Crippen LogP contribution < -0.4 is 57.3 Å². The fourth-order valence-electron chi connectivity index (χ4n) is 8.66. The molecule has 442 valence electrons. The van der Waals surface area contributed by atoms with Gasteiger partial charge in [0.1, 0.15) is 24.0 Å². The molecule has 5 rings (SSSR count). The number of carbonyl (C=O) groups is 7. The van der Waals surface area contributed by atoms with Crippen molar-refractivity contribution in [3.8, 4) is 11.5 Å². The molecule has 0 radical (unpaired) electrons. The second-order valence-electron chi connectivity index (χ2n) is 19.3. The second kappa shape index (κ2) is 29.9. The molecule has 0 saturated heterocycles. The van der Waals surface area contributed by atoms with Crippen LogP contribution in [0.1, 0.15) is 106 Å². The zero-order valence-electron chi connectivity index (χ0n) is 47.2. The zero-order chi connectivity index (χ0) is 59.6. The lowest BCUT2D eigenvalue weighted by Gasteiger charge is -2.40. The maximum atomic E-state index is 14.8. The van der Waals surface area contributed by atoms with E-state index in [1.165, 1.54) is 56.5 Å². The molecule has 3 unspecified atom stereocenters. The number of nitrogens with zero attached hydrogens (tertiary/aromatic N) is 5. The minimum absolute atomic E-state index is 0.0114. The first-order valence-electron chi connectivity index (χ1n) is 26.3. The highest BCUT2D eigenvalue weighted by molar-refractivity contribution is 7.86. The fourth-order valence-corrected chi connectivity index (χ4v) is 9.77. The standard InChI is InChI=1S/C53H75N13O14S/c1-11-17-43(57-31(2)22-24-54-7)62-50(71)47-61-44(30-64(47)9)63-80-42-28-39-38(27-41(42)77-10)51(72)65-29-37-19-13-12-18-36(37)26-40(65)52(81(74,75)76)66(39)53(73)79-35(6)32(3)59-49(70)34(5)60-48(69)33(4)58-46(68)21-15-14-20-45(67)56-23-16-25-78-55-8/h11-13,17-19,22,24,27-28,30-35,40,52,54-55,63H,14-16,20-21,23,25-26,29H2,1-10H3,(H,56,67)(H,58,68)(H,59,70)(H,60,69)(H,57,62,71)(H,74,75,76)/b17-11-,24-22-/t31?,32?,33-,34-,35-,40+,52?/m1/s1. The first kappa shape index (κ1) is 63.7. The summed E-state index contributed by atoms with van der Waals surface area (Å²) in [6, 6.07) is 4.55. The summed E-state index contributed by atoms with van der Waals surface area (Å²) in [6.45, 7) is 10.1. The minimum Gasteiger partial charge on any atom is -0.493 e. The summed E-state index contributed by atoms with van der Waals surface area (Å²) in [4.78, 5) is 116. The molecule has 7 atom stereocenters. The number of ether oxygens (including phenoxy) is 2. The topological polar surface area (TPSA) is 344 Å². The lowest BCUT2D eigenvalue weighted by Crippen LogP contribution is -2.59. The predicted molar refractivity (Wildman–Crippen MR) is 299 cm³/mol. The number of unbranched alkanes of at least 4 members (excludes halogenated alkanes) is 1. The monoisotopic (exact) mass is 1150 g/mol. The SMILES string of the molecule is C/C=C\C(=N/C(C)/C=C\NC)NC(=O)c1nc(NOc2cc3c(cc2OC)C(=O)N2Cc4ccccc4C[C@H]2C(S(=O)(=O)O)N3C(=O)O[C@H](C)C(C)NC(=O)[C@@H](C)NC(=O)[C@@H](C)NC(=O)CCCCC(=O)NCCCONC)cn1C. The van der Waals surface area contributed by atoms with Crippen LogP contribution in [0.4, 0.5) is 16.3 Å². The molecule has 0 bridgehead atoms. The molecule has 0 fully saturated rings. The Morgan fingerprint density at radius 2 is 1.59 bits per heavy atom. The van der Waals surface area contributed by atoms with Crippen molar-refractivity contribution in [2.24, 2.45) is 12.0 Å². The molecule has 0 spiro atoms. The van der Waals surface area contributed by atoms with E-state index in [2.05, 4.69) is 52.8 Å². The Labute approximate surface area is 471 Å². The number of amides is 7. The van der Waals surface area contributed by atoms with Gasteiger partial charge in [-0.1, -0.05) is 30.3 Å². The largest absolute Gasteiger partial charge is 0.493 e. The van der Waals surface area contributed by atoms with Crippen LogP contribution in [0.25, 0.3) is 0 Å². The number of allylic oxidation sites excluding steroid dienone is 1. The van der Waals surface area contributed by atoms with Crippen molar-refractivity contribution in [2.75, 3.05) is 44.7 Å². The Bertz CT molecular complexity index is 2950. The van der Waals surface area contributed by atoms with E-state index in [9.17, 15) is 46.5 Å². The number of aromatic nitrogens is 2. The molecule has 3 aromatic rings. The van der Waals surface area contributed by atoms with Gasteiger partial charge in [0.25, 0.3) is 21.9 Å². The molecule has 0 aliphatic carbocycles. The van der Waals surface area contributed by atoms with Crippen molar-refractivity contribution >= 4 is 69.0 Å². The molecule has 0 saturated carbocycles. The van der Waals surface area contributed by atoms with E-state index in [4.69, 9.17) is 19.1 Å². The van der Waals surface area contributed by atoms with Gasteiger partial charge >= 0.3 is 6.09 Å². The molecule has 81 heavy (non-hydrogen) atoms. The summed E-state index contributed by atoms with van der Waals surface area (Å²) >= 11 is 0. The van der Waals surface area contributed by atoms with Crippen molar-refractivity contribution in [3.63, 3.8) is 0 Å². The minimum atomic E-state index is -5.31. The fraction of sp³-hybridized carbons (Fsp3) is 0.491. The van der Waals surface area contributed by atoms with Gasteiger partial charge < -0.3 is 60.5 Å². The van der Waals surface area contributed by atoms with Gasteiger partial charge in [-0.2, -0.15) is 8.42 Å². The molecule has 2 aromatic carbocycles. The van der Waals surface area contributed by atoms with E-state index < -0.39 is 81.4 Å². The highest BCUT2D eigenvalue weighted by Crippen LogP contribution is 2.43. The number of methoxy groups -OCH3 is 1. The third kappa shape index (κ3) is 17.7. The van der Waals surface area contributed by atoms with Crippen molar-refractivity contribution in [1.82, 2.24) is 51.8 Å². The van der Waals surface area contributed by atoms with Crippen molar-refractivity contribution in [1.29, 1.82) is 0 Å². The summed E-state index contributed by atoms with van der Waals surface area (Å²) in [5.41, 5.74) is 5.95. The van der Waals surface area contributed by atoms with Crippen LogP contribution >= 0.6 is 0 Å². The molecule has 7 amide bonds. The molecule has 3 heterocycles. The average molecular weight is 1150 g/mol. The van der Waals surface area contributed by atoms with E-state index in [0.29, 0.717) is 48.4 Å². The normalized spacial score (nSPS) is 17.0. The summed E-state index contributed by atoms with van der Waals surface area (Å²) in [6.07, 6.45) is 7.35. The van der Waals surface area contributed by atoms with Gasteiger partial charge in [0, 0.05) is 53.1 Å². The van der Waals surface area contributed by atoms with E-state index in [-0.39, 0.29) is 78.0 Å². The Hall–Kier alpha value is -8.08. The smallest absolute Gasteiger partial charge is 0.415 e.